The van der Waals surface area contributed by atoms with Crippen LogP contribution < -0.4 is 0 Å². The molecule has 0 saturated carbocycles. The number of phenolic OH excluding ortho intramolecular Hbond substituents is 1. The average molecular weight is 294 g/mol. The minimum atomic E-state index is 0.369. The normalized spacial score (nSPS) is 10.9. The van der Waals surface area contributed by atoms with Crippen molar-refractivity contribution in [2.75, 3.05) is 5.75 Å². The van der Waals surface area contributed by atoms with Crippen LogP contribution in [-0.2, 0) is 6.42 Å². The Morgan fingerprint density at radius 2 is 1.71 bits per heavy atom. The smallest absolute Gasteiger partial charge is 0.118 e. The summed E-state index contributed by atoms with van der Waals surface area (Å²) in [6, 6.07) is 20.9. The van der Waals surface area contributed by atoms with E-state index in [9.17, 15) is 5.11 Å². The van der Waals surface area contributed by atoms with E-state index in [-0.39, 0.29) is 0 Å². The number of phenols is 1. The van der Waals surface area contributed by atoms with Crippen molar-refractivity contribution in [1.29, 1.82) is 0 Å². The van der Waals surface area contributed by atoms with E-state index in [1.165, 1.54) is 21.2 Å². The maximum absolute atomic E-state index is 9.54. The van der Waals surface area contributed by atoms with E-state index in [1.807, 2.05) is 30.8 Å². The summed E-state index contributed by atoms with van der Waals surface area (Å²) in [5, 5.41) is 12.1. The number of benzene rings is 3. The molecular weight excluding hydrogens is 276 g/mol. The highest BCUT2D eigenvalue weighted by Crippen LogP contribution is 2.25. The van der Waals surface area contributed by atoms with Gasteiger partial charge in [0.25, 0.3) is 0 Å². The number of hydrogen-bond acceptors (Lipinski definition) is 2. The zero-order valence-electron chi connectivity index (χ0n) is 12.0. The quantitative estimate of drug-likeness (QED) is 0.668. The highest BCUT2D eigenvalue weighted by molar-refractivity contribution is 7.99. The number of aromatic hydroxyl groups is 1. The molecule has 0 fully saturated rings. The van der Waals surface area contributed by atoms with E-state index in [1.54, 1.807) is 6.07 Å². The Bertz CT molecular complexity index is 764. The van der Waals surface area contributed by atoms with Crippen molar-refractivity contribution in [2.45, 2.75) is 18.2 Å². The third kappa shape index (κ3) is 3.40. The first-order valence-electron chi connectivity index (χ1n) is 7.12. The zero-order valence-corrected chi connectivity index (χ0v) is 12.9. The van der Waals surface area contributed by atoms with Crippen LogP contribution in [0.15, 0.2) is 65.6 Å². The third-order valence-electron chi connectivity index (χ3n) is 3.64. The van der Waals surface area contributed by atoms with Crippen LogP contribution in [0.5, 0.6) is 5.75 Å². The fourth-order valence-electron chi connectivity index (χ4n) is 2.40. The van der Waals surface area contributed by atoms with Crippen LogP contribution >= 0.6 is 11.8 Å². The summed E-state index contributed by atoms with van der Waals surface area (Å²) in [6.45, 7) is 1.93. The minimum Gasteiger partial charge on any atom is -0.508 e. The van der Waals surface area contributed by atoms with Gasteiger partial charge in [0.05, 0.1) is 0 Å². The Morgan fingerprint density at radius 1 is 0.905 bits per heavy atom. The predicted molar refractivity (Wildman–Crippen MR) is 91.2 cm³/mol. The van der Waals surface area contributed by atoms with Gasteiger partial charge in [0.15, 0.2) is 0 Å². The van der Waals surface area contributed by atoms with Crippen LogP contribution in [0.25, 0.3) is 10.8 Å². The number of aryl methyl sites for hydroxylation is 2. The lowest BCUT2D eigenvalue weighted by Gasteiger charge is -2.06. The highest BCUT2D eigenvalue weighted by Gasteiger charge is 2.01. The molecule has 0 saturated heterocycles. The maximum Gasteiger partial charge on any atom is 0.118 e. The van der Waals surface area contributed by atoms with E-state index < -0.39 is 0 Å². The van der Waals surface area contributed by atoms with Gasteiger partial charge in [0.2, 0.25) is 0 Å². The third-order valence-corrected chi connectivity index (χ3v) is 4.64. The molecule has 0 radical (unpaired) electrons. The molecular formula is C19H18OS. The van der Waals surface area contributed by atoms with Gasteiger partial charge in [-0.2, -0.15) is 0 Å². The molecule has 0 amide bonds. The molecule has 2 heteroatoms. The molecule has 0 bridgehead atoms. The molecule has 1 N–H and O–H groups in total. The second-order valence-electron chi connectivity index (χ2n) is 5.23. The summed E-state index contributed by atoms with van der Waals surface area (Å²) in [6.07, 6.45) is 1.05. The summed E-state index contributed by atoms with van der Waals surface area (Å²) in [7, 11) is 0. The molecule has 0 heterocycles. The fourth-order valence-corrected chi connectivity index (χ4v) is 3.40. The molecule has 0 unspecified atom stereocenters. The van der Waals surface area contributed by atoms with E-state index in [2.05, 4.69) is 42.5 Å². The Labute approximate surface area is 129 Å². The van der Waals surface area contributed by atoms with Crippen molar-refractivity contribution >= 4 is 22.5 Å². The second-order valence-corrected chi connectivity index (χ2v) is 6.40. The van der Waals surface area contributed by atoms with Crippen molar-refractivity contribution in [3.8, 4) is 5.75 Å². The number of hydrogen-bond donors (Lipinski definition) is 1. The molecule has 0 aliphatic rings. The van der Waals surface area contributed by atoms with E-state index in [0.717, 1.165) is 17.7 Å². The summed E-state index contributed by atoms with van der Waals surface area (Å²) >= 11 is 1.83. The van der Waals surface area contributed by atoms with Gasteiger partial charge in [-0.1, -0.05) is 42.5 Å². The molecule has 106 valence electrons. The molecule has 0 atom stereocenters. The number of thioether (sulfide) groups is 1. The Hall–Kier alpha value is -1.93. The Morgan fingerprint density at radius 3 is 2.52 bits per heavy atom. The number of rotatable bonds is 4. The Balaban J connectivity index is 1.64. The van der Waals surface area contributed by atoms with Crippen LogP contribution in [0, 0.1) is 6.92 Å². The van der Waals surface area contributed by atoms with Gasteiger partial charge in [-0.3, -0.25) is 0 Å². The van der Waals surface area contributed by atoms with Gasteiger partial charge in [0, 0.05) is 10.6 Å². The largest absolute Gasteiger partial charge is 0.508 e. The van der Waals surface area contributed by atoms with Gasteiger partial charge in [-0.25, -0.2) is 0 Å². The van der Waals surface area contributed by atoms with Crippen molar-refractivity contribution in [2.24, 2.45) is 0 Å². The van der Waals surface area contributed by atoms with E-state index >= 15 is 0 Å². The van der Waals surface area contributed by atoms with Gasteiger partial charge >= 0.3 is 0 Å². The first kappa shape index (κ1) is 14.0. The van der Waals surface area contributed by atoms with Crippen LogP contribution in [-0.4, -0.2) is 10.9 Å². The van der Waals surface area contributed by atoms with Crippen molar-refractivity contribution in [3.05, 3.63) is 71.8 Å². The first-order valence-corrected chi connectivity index (χ1v) is 8.11. The molecule has 0 aliphatic heterocycles. The predicted octanol–water partition coefficient (Wildman–Crippen LogP) is 5.19. The fraction of sp³-hybridized carbons (Fsp3) is 0.158. The first-order chi connectivity index (χ1) is 10.2. The molecule has 1 nitrogen and oxygen atoms in total. The van der Waals surface area contributed by atoms with E-state index in [0.29, 0.717) is 5.75 Å². The van der Waals surface area contributed by atoms with Crippen LogP contribution in [0.2, 0.25) is 0 Å². The van der Waals surface area contributed by atoms with Gasteiger partial charge < -0.3 is 5.11 Å². The van der Waals surface area contributed by atoms with Crippen molar-refractivity contribution < 1.29 is 5.11 Å². The van der Waals surface area contributed by atoms with E-state index in [4.69, 9.17) is 0 Å². The van der Waals surface area contributed by atoms with Crippen LogP contribution in [0.4, 0.5) is 0 Å². The zero-order chi connectivity index (χ0) is 14.7. The molecule has 0 aromatic heterocycles. The molecule has 0 aliphatic carbocycles. The van der Waals surface area contributed by atoms with Gasteiger partial charge in [0.1, 0.15) is 5.75 Å². The monoisotopic (exact) mass is 294 g/mol. The maximum atomic E-state index is 9.54. The summed E-state index contributed by atoms with van der Waals surface area (Å²) in [5.41, 5.74) is 2.31. The minimum absolute atomic E-state index is 0.369. The van der Waals surface area contributed by atoms with Gasteiger partial charge in [-0.15, -0.1) is 11.8 Å². The lowest BCUT2D eigenvalue weighted by atomic mass is 10.1. The molecule has 3 rings (SSSR count). The molecule has 3 aromatic rings. The SMILES string of the molecule is Cc1cc(SCCc2ccc3ccccc3c2)ccc1O. The van der Waals surface area contributed by atoms with Gasteiger partial charge in [-0.05, 0) is 53.4 Å². The average Bonchev–Trinajstić information content (AvgIpc) is 2.51. The molecule has 21 heavy (non-hydrogen) atoms. The summed E-state index contributed by atoms with van der Waals surface area (Å²) in [5.74, 6) is 1.41. The van der Waals surface area contributed by atoms with Crippen LogP contribution in [0.3, 0.4) is 0 Å². The lowest BCUT2D eigenvalue weighted by Crippen LogP contribution is -1.89. The van der Waals surface area contributed by atoms with Crippen molar-refractivity contribution in [1.82, 2.24) is 0 Å². The van der Waals surface area contributed by atoms with Crippen molar-refractivity contribution in [3.63, 3.8) is 0 Å². The number of fused-ring (bicyclic) bond motifs is 1. The van der Waals surface area contributed by atoms with Crippen LogP contribution in [0.1, 0.15) is 11.1 Å². The standard InChI is InChI=1S/C19H18OS/c1-14-12-18(8-9-19(14)20)21-11-10-15-6-7-16-4-2-3-5-17(16)13-15/h2-9,12-13,20H,10-11H2,1H3. The second kappa shape index (κ2) is 6.23. The lowest BCUT2D eigenvalue weighted by molar-refractivity contribution is 0.470. The molecule has 0 spiro atoms. The summed E-state index contributed by atoms with van der Waals surface area (Å²) < 4.78 is 0. The molecule has 3 aromatic carbocycles. The highest BCUT2D eigenvalue weighted by atomic mass is 32.2. The topological polar surface area (TPSA) is 20.2 Å². The Kier molecular flexibility index (Phi) is 4.16. The summed E-state index contributed by atoms with van der Waals surface area (Å²) in [4.78, 5) is 1.21.